The summed E-state index contributed by atoms with van der Waals surface area (Å²) in [7, 11) is 0. The first kappa shape index (κ1) is 14.0. The molecule has 5 nitrogen and oxygen atoms in total. The summed E-state index contributed by atoms with van der Waals surface area (Å²) in [6, 6.07) is 17.8. The topological polar surface area (TPSA) is 43.0 Å². The van der Waals surface area contributed by atoms with Gasteiger partial charge in [0.05, 0.1) is 6.20 Å². The molecule has 4 rings (SSSR count). The molecule has 0 amide bonds. The van der Waals surface area contributed by atoms with Gasteiger partial charge in [-0.25, -0.2) is 0 Å². The van der Waals surface area contributed by atoms with Crippen LogP contribution in [-0.2, 0) is 4.84 Å². The van der Waals surface area contributed by atoms with Gasteiger partial charge in [-0.3, -0.25) is 5.01 Å². The molecular formula is C18H18N2O3. The Kier molecular flexibility index (Phi) is 3.78. The van der Waals surface area contributed by atoms with Gasteiger partial charge in [-0.05, 0) is 49.2 Å². The summed E-state index contributed by atoms with van der Waals surface area (Å²) < 4.78 is 11.5. The number of hydrogen-bond acceptors (Lipinski definition) is 5. The standard InChI is InChI=1S/C18H18N2O3/c1-2-4-16(5-3-1)22-17-10-8-15(9-11-17)21-13-18-12-20(19-23-18)14-6-7-14/h1-5,8-12,14,19H,6-7,13H2. The van der Waals surface area contributed by atoms with Crippen LogP contribution in [0.15, 0.2) is 66.6 Å². The Bertz CT molecular complexity index is 681. The van der Waals surface area contributed by atoms with Gasteiger partial charge in [0, 0.05) is 6.04 Å². The Balaban J connectivity index is 1.31. The first-order valence-corrected chi connectivity index (χ1v) is 7.74. The molecule has 1 aliphatic heterocycles. The Labute approximate surface area is 135 Å². The second-order valence-electron chi connectivity index (χ2n) is 5.60. The highest BCUT2D eigenvalue weighted by atomic mass is 16.7. The molecule has 2 aromatic rings. The van der Waals surface area contributed by atoms with E-state index in [1.807, 2.05) is 65.8 Å². The zero-order valence-corrected chi connectivity index (χ0v) is 12.6. The molecule has 1 aliphatic carbocycles. The molecule has 1 N–H and O–H groups in total. The van der Waals surface area contributed by atoms with Crippen molar-refractivity contribution in [3.05, 3.63) is 66.6 Å². The van der Waals surface area contributed by atoms with E-state index in [9.17, 15) is 0 Å². The molecule has 5 heteroatoms. The highest BCUT2D eigenvalue weighted by Crippen LogP contribution is 2.28. The fraction of sp³-hybridized carbons (Fsp3) is 0.222. The van der Waals surface area contributed by atoms with Crippen molar-refractivity contribution < 1.29 is 14.3 Å². The molecule has 118 valence electrons. The summed E-state index contributed by atoms with van der Waals surface area (Å²) in [6.45, 7) is 0.398. The van der Waals surface area contributed by atoms with Gasteiger partial charge >= 0.3 is 0 Å². The van der Waals surface area contributed by atoms with Gasteiger partial charge < -0.3 is 14.3 Å². The molecule has 2 aliphatic rings. The molecule has 1 saturated carbocycles. The molecule has 23 heavy (non-hydrogen) atoms. The third kappa shape index (κ3) is 3.57. The van der Waals surface area contributed by atoms with Crippen molar-refractivity contribution in [3.63, 3.8) is 0 Å². The summed E-state index contributed by atoms with van der Waals surface area (Å²) in [6.07, 6.45) is 4.39. The molecule has 0 radical (unpaired) electrons. The molecule has 0 aromatic heterocycles. The van der Waals surface area contributed by atoms with E-state index in [2.05, 4.69) is 5.59 Å². The van der Waals surface area contributed by atoms with Crippen LogP contribution in [0.25, 0.3) is 0 Å². The average Bonchev–Trinajstić information content (AvgIpc) is 3.34. The van der Waals surface area contributed by atoms with Crippen LogP contribution in [0.3, 0.4) is 0 Å². The Morgan fingerprint density at radius 3 is 2.39 bits per heavy atom. The minimum Gasteiger partial charge on any atom is -0.486 e. The van der Waals surface area contributed by atoms with E-state index in [0.717, 1.165) is 23.0 Å². The van der Waals surface area contributed by atoms with Crippen molar-refractivity contribution in [2.24, 2.45) is 0 Å². The summed E-state index contributed by atoms with van der Waals surface area (Å²) in [5, 5.41) is 2.00. The lowest BCUT2D eigenvalue weighted by molar-refractivity contribution is 0.00905. The van der Waals surface area contributed by atoms with Crippen LogP contribution < -0.4 is 15.1 Å². The first-order chi connectivity index (χ1) is 11.4. The fourth-order valence-electron chi connectivity index (χ4n) is 2.30. The monoisotopic (exact) mass is 310 g/mol. The van der Waals surface area contributed by atoms with E-state index in [1.165, 1.54) is 12.8 Å². The van der Waals surface area contributed by atoms with Crippen LogP contribution in [0.5, 0.6) is 17.2 Å². The summed E-state index contributed by atoms with van der Waals surface area (Å²) in [5.74, 6) is 3.15. The first-order valence-electron chi connectivity index (χ1n) is 7.74. The lowest BCUT2D eigenvalue weighted by Crippen LogP contribution is -2.29. The van der Waals surface area contributed by atoms with Crippen LogP contribution in [-0.4, -0.2) is 17.7 Å². The lowest BCUT2D eigenvalue weighted by atomic mass is 10.3. The highest BCUT2D eigenvalue weighted by Gasteiger charge is 2.31. The smallest absolute Gasteiger partial charge is 0.181 e. The van der Waals surface area contributed by atoms with E-state index < -0.39 is 0 Å². The zero-order chi connectivity index (χ0) is 15.5. The summed E-state index contributed by atoms with van der Waals surface area (Å²) in [5.41, 5.74) is 2.88. The van der Waals surface area contributed by atoms with Gasteiger partial charge in [-0.2, -0.15) is 0 Å². The van der Waals surface area contributed by atoms with E-state index in [4.69, 9.17) is 14.3 Å². The van der Waals surface area contributed by atoms with Gasteiger partial charge in [0.2, 0.25) is 0 Å². The maximum absolute atomic E-state index is 5.75. The second kappa shape index (κ2) is 6.22. The van der Waals surface area contributed by atoms with Gasteiger partial charge in [-0.1, -0.05) is 23.8 Å². The Hall–Kier alpha value is -2.66. The summed E-state index contributed by atoms with van der Waals surface area (Å²) >= 11 is 0. The predicted octanol–water partition coefficient (Wildman–Crippen LogP) is 3.61. The van der Waals surface area contributed by atoms with Crippen molar-refractivity contribution in [2.75, 3.05) is 6.61 Å². The molecule has 0 saturated heterocycles. The number of hydrogen-bond donors (Lipinski definition) is 1. The highest BCUT2D eigenvalue weighted by molar-refractivity contribution is 5.35. The van der Waals surface area contributed by atoms with Gasteiger partial charge in [0.1, 0.15) is 23.9 Å². The minimum atomic E-state index is 0.398. The van der Waals surface area contributed by atoms with Crippen molar-refractivity contribution in [1.29, 1.82) is 0 Å². The molecular weight excluding hydrogens is 292 g/mol. The van der Waals surface area contributed by atoms with E-state index >= 15 is 0 Å². The number of ether oxygens (including phenoxy) is 2. The normalized spacial score (nSPS) is 16.7. The lowest BCUT2D eigenvalue weighted by Gasteiger charge is -2.11. The van der Waals surface area contributed by atoms with E-state index in [-0.39, 0.29) is 0 Å². The molecule has 2 aromatic carbocycles. The number of nitrogens with zero attached hydrogens (tertiary/aromatic N) is 1. The van der Waals surface area contributed by atoms with E-state index in [0.29, 0.717) is 12.6 Å². The number of rotatable bonds is 6. The van der Waals surface area contributed by atoms with Crippen LogP contribution in [0.1, 0.15) is 12.8 Å². The van der Waals surface area contributed by atoms with Gasteiger partial charge in [0.25, 0.3) is 0 Å². The van der Waals surface area contributed by atoms with Crippen molar-refractivity contribution in [3.8, 4) is 17.2 Å². The van der Waals surface area contributed by atoms with Crippen LogP contribution in [0.4, 0.5) is 0 Å². The molecule has 1 heterocycles. The Morgan fingerprint density at radius 1 is 0.957 bits per heavy atom. The number of nitrogens with one attached hydrogen (secondary N) is 1. The molecule has 0 unspecified atom stereocenters. The molecule has 0 atom stereocenters. The number of hydrazine groups is 1. The van der Waals surface area contributed by atoms with Crippen molar-refractivity contribution in [1.82, 2.24) is 10.6 Å². The van der Waals surface area contributed by atoms with Crippen molar-refractivity contribution >= 4 is 0 Å². The predicted molar refractivity (Wildman–Crippen MR) is 85.6 cm³/mol. The van der Waals surface area contributed by atoms with Gasteiger partial charge in [0.15, 0.2) is 5.76 Å². The molecule has 1 fully saturated rings. The zero-order valence-electron chi connectivity index (χ0n) is 12.6. The van der Waals surface area contributed by atoms with Crippen molar-refractivity contribution in [2.45, 2.75) is 18.9 Å². The number of para-hydroxylation sites is 1. The third-order valence-electron chi connectivity index (χ3n) is 3.69. The largest absolute Gasteiger partial charge is 0.486 e. The second-order valence-corrected chi connectivity index (χ2v) is 5.60. The van der Waals surface area contributed by atoms with Crippen LogP contribution >= 0.6 is 0 Å². The SMILES string of the molecule is C1=C(COc2ccc(Oc3ccccc3)cc2)ONN1C1CC1. The minimum absolute atomic E-state index is 0.398. The fourth-order valence-corrected chi connectivity index (χ4v) is 2.30. The Morgan fingerprint density at radius 2 is 1.65 bits per heavy atom. The maximum atomic E-state index is 5.75. The van der Waals surface area contributed by atoms with Crippen LogP contribution in [0, 0.1) is 0 Å². The van der Waals surface area contributed by atoms with Crippen LogP contribution in [0.2, 0.25) is 0 Å². The number of benzene rings is 2. The average molecular weight is 310 g/mol. The molecule has 0 spiro atoms. The van der Waals surface area contributed by atoms with E-state index in [1.54, 1.807) is 0 Å². The third-order valence-corrected chi connectivity index (χ3v) is 3.69. The molecule has 0 bridgehead atoms. The van der Waals surface area contributed by atoms with Gasteiger partial charge in [-0.15, -0.1) is 0 Å². The summed E-state index contributed by atoms with van der Waals surface area (Å²) in [4.78, 5) is 5.38. The quantitative estimate of drug-likeness (QED) is 0.883. The maximum Gasteiger partial charge on any atom is 0.181 e.